The second-order valence-corrected chi connectivity index (χ2v) is 4.13. The highest BCUT2D eigenvalue weighted by atomic mass is 16.5. The van der Waals surface area contributed by atoms with E-state index in [0.717, 1.165) is 32.3 Å². The minimum absolute atomic E-state index is 0.387. The van der Waals surface area contributed by atoms with Crippen LogP contribution in [-0.4, -0.2) is 39.0 Å². The molecule has 0 aliphatic rings. The smallest absolute Gasteiger partial charge is 0.106 e. The molecule has 0 bridgehead atoms. The fourth-order valence-corrected chi connectivity index (χ4v) is 1.61. The van der Waals surface area contributed by atoms with E-state index in [1.165, 1.54) is 0 Å². The Morgan fingerprint density at radius 3 is 2.24 bits per heavy atom. The summed E-state index contributed by atoms with van der Waals surface area (Å²) in [6, 6.07) is 2.34. The van der Waals surface area contributed by atoms with Crippen molar-refractivity contribution in [3.8, 4) is 6.07 Å². The third-order valence-corrected chi connectivity index (χ3v) is 2.91. The summed E-state index contributed by atoms with van der Waals surface area (Å²) in [5.41, 5.74) is -0.387. The Kier molecular flexibility index (Phi) is 10.1. The molecule has 0 spiro atoms. The molecule has 0 aromatic heterocycles. The summed E-state index contributed by atoms with van der Waals surface area (Å²) in [6.07, 6.45) is 3.59. The first-order chi connectivity index (χ1) is 8.24. The number of nitriles is 1. The molecular formula is C13H26N2O2. The van der Waals surface area contributed by atoms with Crippen molar-refractivity contribution in [2.45, 2.75) is 45.1 Å². The first kappa shape index (κ1) is 16.4. The molecule has 1 atom stereocenters. The number of nitrogens with zero attached hydrogens (tertiary/aromatic N) is 1. The van der Waals surface area contributed by atoms with Gasteiger partial charge in [0, 0.05) is 13.2 Å². The molecule has 17 heavy (non-hydrogen) atoms. The van der Waals surface area contributed by atoms with Gasteiger partial charge in [0.2, 0.25) is 0 Å². The number of hydrogen-bond donors (Lipinski definition) is 1. The lowest BCUT2D eigenvalue weighted by Crippen LogP contribution is -2.40. The van der Waals surface area contributed by atoms with Crippen molar-refractivity contribution in [1.82, 2.24) is 5.32 Å². The van der Waals surface area contributed by atoms with Crippen LogP contribution in [0.5, 0.6) is 0 Å². The maximum Gasteiger partial charge on any atom is 0.106 e. The summed E-state index contributed by atoms with van der Waals surface area (Å²) < 4.78 is 10.8. The molecule has 0 fully saturated rings. The third kappa shape index (κ3) is 7.32. The zero-order valence-electron chi connectivity index (χ0n) is 11.4. The SMILES string of the molecule is CCCOCCOCCCC(C#N)(CC)NC. The van der Waals surface area contributed by atoms with E-state index in [9.17, 15) is 0 Å². The van der Waals surface area contributed by atoms with Crippen LogP contribution in [0, 0.1) is 11.3 Å². The van der Waals surface area contributed by atoms with E-state index in [1.54, 1.807) is 0 Å². The minimum Gasteiger partial charge on any atom is -0.379 e. The van der Waals surface area contributed by atoms with Gasteiger partial charge in [-0.1, -0.05) is 13.8 Å². The zero-order valence-corrected chi connectivity index (χ0v) is 11.4. The van der Waals surface area contributed by atoms with Crippen molar-refractivity contribution >= 4 is 0 Å². The van der Waals surface area contributed by atoms with Gasteiger partial charge in [-0.3, -0.25) is 0 Å². The summed E-state index contributed by atoms with van der Waals surface area (Å²) in [7, 11) is 1.84. The molecule has 0 aromatic carbocycles. The summed E-state index contributed by atoms with van der Waals surface area (Å²) in [6.45, 7) is 6.92. The lowest BCUT2D eigenvalue weighted by atomic mass is 9.92. The third-order valence-electron chi connectivity index (χ3n) is 2.91. The van der Waals surface area contributed by atoms with E-state index in [1.807, 2.05) is 14.0 Å². The molecule has 0 rings (SSSR count). The molecule has 4 nitrogen and oxygen atoms in total. The van der Waals surface area contributed by atoms with Crippen molar-refractivity contribution in [3.05, 3.63) is 0 Å². The van der Waals surface area contributed by atoms with Crippen molar-refractivity contribution in [2.75, 3.05) is 33.5 Å². The molecular weight excluding hydrogens is 216 g/mol. The molecule has 0 saturated heterocycles. The van der Waals surface area contributed by atoms with Gasteiger partial charge < -0.3 is 14.8 Å². The highest BCUT2D eigenvalue weighted by molar-refractivity contribution is 5.05. The molecule has 0 saturated carbocycles. The van der Waals surface area contributed by atoms with Crippen LogP contribution in [0.2, 0.25) is 0 Å². The Balaban J connectivity index is 3.47. The molecule has 4 heteroatoms. The maximum atomic E-state index is 9.10. The van der Waals surface area contributed by atoms with Crippen LogP contribution in [0.3, 0.4) is 0 Å². The molecule has 1 unspecified atom stereocenters. The molecule has 0 aliphatic carbocycles. The molecule has 0 aromatic rings. The van der Waals surface area contributed by atoms with Crippen LogP contribution in [-0.2, 0) is 9.47 Å². The fourth-order valence-electron chi connectivity index (χ4n) is 1.61. The number of rotatable bonds is 11. The van der Waals surface area contributed by atoms with E-state index < -0.39 is 0 Å². The Hall–Kier alpha value is -0.630. The van der Waals surface area contributed by atoms with E-state index in [4.69, 9.17) is 14.7 Å². The Bertz CT molecular complexity index is 210. The van der Waals surface area contributed by atoms with E-state index >= 15 is 0 Å². The van der Waals surface area contributed by atoms with Gasteiger partial charge in [0.15, 0.2) is 0 Å². The topological polar surface area (TPSA) is 54.3 Å². The maximum absolute atomic E-state index is 9.10. The average Bonchev–Trinajstić information content (AvgIpc) is 2.38. The molecule has 0 heterocycles. The van der Waals surface area contributed by atoms with E-state index in [-0.39, 0.29) is 5.54 Å². The van der Waals surface area contributed by atoms with E-state index in [0.29, 0.717) is 19.8 Å². The number of nitrogens with one attached hydrogen (secondary N) is 1. The van der Waals surface area contributed by atoms with Gasteiger partial charge in [0.05, 0.1) is 19.3 Å². The van der Waals surface area contributed by atoms with Gasteiger partial charge in [-0.05, 0) is 32.7 Å². The standard InChI is InChI=1S/C13H26N2O2/c1-4-8-16-10-11-17-9-6-7-13(5-2,12-14)15-3/h15H,4-11H2,1-3H3. The van der Waals surface area contributed by atoms with Crippen molar-refractivity contribution in [1.29, 1.82) is 5.26 Å². The van der Waals surface area contributed by atoms with Gasteiger partial charge in [0.25, 0.3) is 0 Å². The second-order valence-electron chi connectivity index (χ2n) is 4.13. The summed E-state index contributed by atoms with van der Waals surface area (Å²) in [4.78, 5) is 0. The normalized spacial score (nSPS) is 14.2. The van der Waals surface area contributed by atoms with Crippen molar-refractivity contribution in [3.63, 3.8) is 0 Å². The van der Waals surface area contributed by atoms with Crippen LogP contribution in [0.4, 0.5) is 0 Å². The Morgan fingerprint density at radius 1 is 1.12 bits per heavy atom. The summed E-state index contributed by atoms with van der Waals surface area (Å²) in [5, 5.41) is 12.2. The van der Waals surface area contributed by atoms with Crippen LogP contribution in [0.25, 0.3) is 0 Å². The van der Waals surface area contributed by atoms with Gasteiger partial charge >= 0.3 is 0 Å². The Labute approximate surface area is 105 Å². The van der Waals surface area contributed by atoms with Crippen LogP contribution < -0.4 is 5.32 Å². The highest BCUT2D eigenvalue weighted by Crippen LogP contribution is 2.15. The largest absolute Gasteiger partial charge is 0.379 e. The lowest BCUT2D eigenvalue weighted by Gasteiger charge is -2.24. The van der Waals surface area contributed by atoms with Crippen LogP contribution >= 0.6 is 0 Å². The minimum atomic E-state index is -0.387. The summed E-state index contributed by atoms with van der Waals surface area (Å²) >= 11 is 0. The first-order valence-electron chi connectivity index (χ1n) is 6.50. The Morgan fingerprint density at radius 2 is 1.76 bits per heavy atom. The van der Waals surface area contributed by atoms with Crippen LogP contribution in [0.1, 0.15) is 39.5 Å². The van der Waals surface area contributed by atoms with Gasteiger partial charge in [-0.25, -0.2) is 0 Å². The van der Waals surface area contributed by atoms with Gasteiger partial charge in [-0.2, -0.15) is 5.26 Å². The number of hydrogen-bond acceptors (Lipinski definition) is 4. The first-order valence-corrected chi connectivity index (χ1v) is 6.50. The quantitative estimate of drug-likeness (QED) is 0.564. The molecule has 100 valence electrons. The predicted octanol–water partition coefficient (Wildman–Crippen LogP) is 2.10. The monoisotopic (exact) mass is 242 g/mol. The zero-order chi connectivity index (χ0) is 13.0. The van der Waals surface area contributed by atoms with Gasteiger partial charge in [-0.15, -0.1) is 0 Å². The fraction of sp³-hybridized carbons (Fsp3) is 0.923. The second kappa shape index (κ2) is 10.5. The number of ether oxygens (including phenoxy) is 2. The van der Waals surface area contributed by atoms with Crippen molar-refractivity contribution < 1.29 is 9.47 Å². The molecule has 0 aliphatic heterocycles. The summed E-state index contributed by atoms with van der Waals surface area (Å²) in [5.74, 6) is 0. The molecule has 0 radical (unpaired) electrons. The average molecular weight is 242 g/mol. The predicted molar refractivity (Wildman–Crippen MR) is 68.9 cm³/mol. The van der Waals surface area contributed by atoms with Gasteiger partial charge in [0.1, 0.15) is 5.54 Å². The van der Waals surface area contributed by atoms with E-state index in [2.05, 4.69) is 18.3 Å². The van der Waals surface area contributed by atoms with Crippen molar-refractivity contribution in [2.24, 2.45) is 0 Å². The molecule has 0 amide bonds. The highest BCUT2D eigenvalue weighted by Gasteiger charge is 2.24. The molecule has 1 N–H and O–H groups in total. The van der Waals surface area contributed by atoms with Crippen LogP contribution in [0.15, 0.2) is 0 Å². The lowest BCUT2D eigenvalue weighted by molar-refractivity contribution is 0.0453.